The summed E-state index contributed by atoms with van der Waals surface area (Å²) in [5.41, 5.74) is 1.50. The molecule has 168 valence electrons. The number of hydrogen-bond donors (Lipinski definition) is 1. The Morgan fingerprint density at radius 1 is 0.969 bits per heavy atom. The van der Waals surface area contributed by atoms with Crippen molar-refractivity contribution in [1.29, 1.82) is 0 Å². The summed E-state index contributed by atoms with van der Waals surface area (Å²) >= 11 is 0. The van der Waals surface area contributed by atoms with E-state index >= 15 is 0 Å². The van der Waals surface area contributed by atoms with Crippen LogP contribution in [0.3, 0.4) is 0 Å². The Morgan fingerprint density at radius 2 is 1.66 bits per heavy atom. The molecule has 1 saturated heterocycles. The van der Waals surface area contributed by atoms with Gasteiger partial charge in [0.25, 0.3) is 11.8 Å². The van der Waals surface area contributed by atoms with Crippen LogP contribution in [0.4, 0.5) is 0 Å². The SMILES string of the molecule is CCN1CCN(CCNC(=O)COc2ccccc2-c2nnc(-c3ccccc3)o2)CC1. The first-order chi connectivity index (χ1) is 15.7. The van der Waals surface area contributed by atoms with Crippen LogP contribution < -0.4 is 10.1 Å². The highest BCUT2D eigenvalue weighted by Gasteiger charge is 2.17. The van der Waals surface area contributed by atoms with E-state index in [2.05, 4.69) is 32.2 Å². The first kappa shape index (κ1) is 22.0. The molecule has 4 rings (SSSR count). The number of rotatable bonds is 9. The fourth-order valence-electron chi connectivity index (χ4n) is 3.68. The average molecular weight is 436 g/mol. The van der Waals surface area contributed by atoms with Gasteiger partial charge in [0.1, 0.15) is 5.75 Å². The molecule has 0 unspecified atom stereocenters. The monoisotopic (exact) mass is 435 g/mol. The Kier molecular flexibility index (Phi) is 7.47. The van der Waals surface area contributed by atoms with E-state index in [0.717, 1.165) is 44.8 Å². The highest BCUT2D eigenvalue weighted by molar-refractivity contribution is 5.78. The molecule has 1 aliphatic heterocycles. The van der Waals surface area contributed by atoms with E-state index in [1.165, 1.54) is 0 Å². The van der Waals surface area contributed by atoms with Crippen LogP contribution in [0.15, 0.2) is 59.0 Å². The van der Waals surface area contributed by atoms with Crippen molar-refractivity contribution >= 4 is 5.91 Å². The number of piperazine rings is 1. The van der Waals surface area contributed by atoms with Gasteiger partial charge in [-0.2, -0.15) is 0 Å². The normalized spacial score (nSPS) is 14.9. The number of carbonyl (C=O) groups is 1. The molecule has 2 heterocycles. The number of nitrogens with zero attached hydrogens (tertiary/aromatic N) is 4. The minimum Gasteiger partial charge on any atom is -0.483 e. The molecule has 1 amide bonds. The van der Waals surface area contributed by atoms with Crippen molar-refractivity contribution in [1.82, 2.24) is 25.3 Å². The lowest BCUT2D eigenvalue weighted by atomic mass is 10.2. The van der Waals surface area contributed by atoms with E-state index in [1.807, 2.05) is 48.5 Å². The summed E-state index contributed by atoms with van der Waals surface area (Å²) in [6, 6.07) is 16.9. The minimum atomic E-state index is -0.150. The summed E-state index contributed by atoms with van der Waals surface area (Å²) in [6.45, 7) is 8.95. The number of ether oxygens (including phenoxy) is 1. The van der Waals surface area contributed by atoms with Crippen LogP contribution >= 0.6 is 0 Å². The smallest absolute Gasteiger partial charge is 0.257 e. The second-order valence-corrected chi connectivity index (χ2v) is 7.69. The van der Waals surface area contributed by atoms with Crippen LogP contribution in [-0.4, -0.2) is 78.3 Å². The lowest BCUT2D eigenvalue weighted by Crippen LogP contribution is -2.48. The number of amides is 1. The summed E-state index contributed by atoms with van der Waals surface area (Å²) in [6.07, 6.45) is 0. The molecule has 0 bridgehead atoms. The van der Waals surface area contributed by atoms with E-state index in [9.17, 15) is 4.79 Å². The van der Waals surface area contributed by atoms with Gasteiger partial charge in [-0.15, -0.1) is 10.2 Å². The molecule has 0 saturated carbocycles. The highest BCUT2D eigenvalue weighted by atomic mass is 16.5. The Bertz CT molecular complexity index is 1000. The zero-order chi connectivity index (χ0) is 22.2. The topological polar surface area (TPSA) is 83.7 Å². The maximum Gasteiger partial charge on any atom is 0.257 e. The van der Waals surface area contributed by atoms with Crippen molar-refractivity contribution < 1.29 is 13.9 Å². The second-order valence-electron chi connectivity index (χ2n) is 7.69. The number of likely N-dealkylation sites (N-methyl/N-ethyl adjacent to an activating group) is 1. The van der Waals surface area contributed by atoms with Crippen molar-refractivity contribution in [2.75, 3.05) is 52.4 Å². The molecule has 3 aromatic rings. The van der Waals surface area contributed by atoms with Gasteiger partial charge in [0.15, 0.2) is 6.61 Å². The highest BCUT2D eigenvalue weighted by Crippen LogP contribution is 2.30. The van der Waals surface area contributed by atoms with Crippen LogP contribution in [0.5, 0.6) is 5.75 Å². The lowest BCUT2D eigenvalue weighted by Gasteiger charge is -2.33. The number of carbonyl (C=O) groups excluding carboxylic acids is 1. The third-order valence-electron chi connectivity index (χ3n) is 5.58. The van der Waals surface area contributed by atoms with Gasteiger partial charge < -0.3 is 19.4 Å². The zero-order valence-electron chi connectivity index (χ0n) is 18.4. The summed E-state index contributed by atoms with van der Waals surface area (Å²) in [5, 5.41) is 11.2. The van der Waals surface area contributed by atoms with Gasteiger partial charge >= 0.3 is 0 Å². The maximum atomic E-state index is 12.3. The fraction of sp³-hybridized carbons (Fsp3) is 0.375. The molecule has 8 heteroatoms. The fourth-order valence-corrected chi connectivity index (χ4v) is 3.68. The van der Waals surface area contributed by atoms with E-state index in [1.54, 1.807) is 6.07 Å². The molecule has 1 N–H and O–H groups in total. The Labute approximate surface area is 188 Å². The first-order valence-electron chi connectivity index (χ1n) is 11.1. The molecular formula is C24H29N5O3. The lowest BCUT2D eigenvalue weighted by molar-refractivity contribution is -0.123. The van der Waals surface area contributed by atoms with E-state index in [-0.39, 0.29) is 12.5 Å². The van der Waals surface area contributed by atoms with Gasteiger partial charge in [-0.25, -0.2) is 0 Å². The molecule has 1 fully saturated rings. The molecule has 2 aromatic carbocycles. The van der Waals surface area contributed by atoms with Crippen LogP contribution in [0.25, 0.3) is 22.9 Å². The van der Waals surface area contributed by atoms with Gasteiger partial charge in [0.05, 0.1) is 5.56 Å². The quantitative estimate of drug-likeness (QED) is 0.553. The maximum absolute atomic E-state index is 12.3. The largest absolute Gasteiger partial charge is 0.483 e. The zero-order valence-corrected chi connectivity index (χ0v) is 18.4. The van der Waals surface area contributed by atoms with Crippen LogP contribution in [0.1, 0.15) is 6.92 Å². The first-order valence-corrected chi connectivity index (χ1v) is 11.1. The third kappa shape index (κ3) is 5.72. The molecule has 0 spiro atoms. The van der Waals surface area contributed by atoms with Crippen molar-refractivity contribution in [3.05, 3.63) is 54.6 Å². The van der Waals surface area contributed by atoms with Gasteiger partial charge in [-0.3, -0.25) is 9.69 Å². The number of benzene rings is 2. The van der Waals surface area contributed by atoms with Crippen molar-refractivity contribution in [3.8, 4) is 28.7 Å². The average Bonchev–Trinajstić information content (AvgIpc) is 3.34. The van der Waals surface area contributed by atoms with E-state index in [4.69, 9.17) is 9.15 Å². The minimum absolute atomic E-state index is 0.0691. The van der Waals surface area contributed by atoms with Crippen LogP contribution in [0.2, 0.25) is 0 Å². The summed E-state index contributed by atoms with van der Waals surface area (Å²) < 4.78 is 11.6. The van der Waals surface area contributed by atoms with Crippen LogP contribution in [0, 0.1) is 0 Å². The van der Waals surface area contributed by atoms with Gasteiger partial charge in [-0.1, -0.05) is 37.3 Å². The predicted molar refractivity (Wildman–Crippen MR) is 122 cm³/mol. The number of para-hydroxylation sites is 1. The predicted octanol–water partition coefficient (Wildman–Crippen LogP) is 2.54. The standard InChI is InChI=1S/C24H29N5O3/c1-2-28-14-16-29(17-15-28)13-12-25-22(30)18-31-21-11-7-6-10-20(21)24-27-26-23(32-24)19-8-4-3-5-9-19/h3-11H,2,12-18H2,1H3,(H,25,30). The Balaban J connectivity index is 1.28. The Morgan fingerprint density at radius 3 is 2.44 bits per heavy atom. The van der Waals surface area contributed by atoms with E-state index < -0.39 is 0 Å². The number of nitrogens with one attached hydrogen (secondary N) is 1. The second kappa shape index (κ2) is 10.9. The van der Waals surface area contributed by atoms with Crippen molar-refractivity contribution in [3.63, 3.8) is 0 Å². The van der Waals surface area contributed by atoms with Crippen LogP contribution in [-0.2, 0) is 4.79 Å². The van der Waals surface area contributed by atoms with Crippen molar-refractivity contribution in [2.24, 2.45) is 0 Å². The molecular weight excluding hydrogens is 406 g/mol. The molecule has 1 aliphatic rings. The summed E-state index contributed by atoms with van der Waals surface area (Å²) in [7, 11) is 0. The van der Waals surface area contributed by atoms with Gasteiger partial charge in [0, 0.05) is 44.8 Å². The molecule has 1 aromatic heterocycles. The molecule has 0 atom stereocenters. The summed E-state index contributed by atoms with van der Waals surface area (Å²) in [4.78, 5) is 17.1. The van der Waals surface area contributed by atoms with Crippen molar-refractivity contribution in [2.45, 2.75) is 6.92 Å². The van der Waals surface area contributed by atoms with Gasteiger partial charge in [0.2, 0.25) is 5.89 Å². The molecule has 0 aliphatic carbocycles. The van der Waals surface area contributed by atoms with E-state index in [0.29, 0.717) is 29.6 Å². The summed E-state index contributed by atoms with van der Waals surface area (Å²) in [5.74, 6) is 1.17. The van der Waals surface area contributed by atoms with Gasteiger partial charge in [-0.05, 0) is 30.8 Å². The third-order valence-corrected chi connectivity index (χ3v) is 5.58. The molecule has 32 heavy (non-hydrogen) atoms. The molecule has 8 nitrogen and oxygen atoms in total. The number of aromatic nitrogens is 2. The molecule has 0 radical (unpaired) electrons. The number of hydrogen-bond acceptors (Lipinski definition) is 7. The Hall–Kier alpha value is -3.23.